The highest BCUT2D eigenvalue weighted by molar-refractivity contribution is 8.77. The second-order valence-corrected chi connectivity index (χ2v) is 5.35. The molecule has 0 unspecified atom stereocenters. The first-order chi connectivity index (χ1) is 6.45. The molecule has 7 heteroatoms. The highest BCUT2D eigenvalue weighted by Crippen LogP contribution is 2.32. The molecule has 0 spiro atoms. The Labute approximate surface area is 90.2 Å². The first-order valence-electron chi connectivity index (χ1n) is 3.82. The van der Waals surface area contributed by atoms with Gasteiger partial charge < -0.3 is 15.1 Å². The largest absolute Gasteiger partial charge is 0.473 e. The zero-order chi connectivity index (χ0) is 11.1. The zero-order valence-electron chi connectivity index (χ0n) is 7.97. The van der Waals surface area contributed by atoms with Gasteiger partial charge in [0.05, 0.1) is 0 Å². The molecule has 1 aliphatic rings. The number of carbonyl (C=O) groups is 2. The van der Waals surface area contributed by atoms with Crippen molar-refractivity contribution in [3.63, 3.8) is 0 Å². The minimum Gasteiger partial charge on any atom is -0.473 e. The smallest absolute Gasteiger partial charge is 0.414 e. The standard InChI is InChI=1S/C5H11NS2.C2H2O4/c1-6(2)5-3-7-8-4-5;3-1(4)2(5)6/h5H,3-4H2,1-2H3;(H,3,4)(H,5,6). The Hall–Kier alpha value is -0.400. The Morgan fingerprint density at radius 3 is 1.64 bits per heavy atom. The number of carboxylic acids is 2. The third-order valence-electron chi connectivity index (χ3n) is 1.52. The van der Waals surface area contributed by atoms with Crippen molar-refractivity contribution >= 4 is 33.5 Å². The molecule has 0 aromatic heterocycles. The number of rotatable bonds is 1. The molecule has 5 nitrogen and oxygen atoms in total. The van der Waals surface area contributed by atoms with E-state index in [0.717, 1.165) is 6.04 Å². The number of nitrogens with zero attached hydrogens (tertiary/aromatic N) is 1. The summed E-state index contributed by atoms with van der Waals surface area (Å²) in [5, 5.41) is 14.8. The van der Waals surface area contributed by atoms with Gasteiger partial charge in [0.2, 0.25) is 0 Å². The van der Waals surface area contributed by atoms with Crippen LogP contribution in [0.4, 0.5) is 0 Å². The SMILES string of the molecule is CN(C)C1CSSC1.O=C(O)C(=O)O. The summed E-state index contributed by atoms with van der Waals surface area (Å²) in [6, 6.07) is 0.824. The summed E-state index contributed by atoms with van der Waals surface area (Å²) in [7, 11) is 8.27. The summed E-state index contributed by atoms with van der Waals surface area (Å²) in [5.41, 5.74) is 0. The molecule has 0 radical (unpaired) electrons. The van der Waals surface area contributed by atoms with Crippen LogP contribution < -0.4 is 0 Å². The summed E-state index contributed by atoms with van der Waals surface area (Å²) in [6.45, 7) is 0. The molecule has 1 rings (SSSR count). The maximum atomic E-state index is 9.10. The van der Waals surface area contributed by atoms with Crippen LogP contribution in [-0.2, 0) is 9.59 Å². The van der Waals surface area contributed by atoms with Crippen molar-refractivity contribution in [2.45, 2.75) is 6.04 Å². The van der Waals surface area contributed by atoms with E-state index in [1.165, 1.54) is 11.5 Å². The van der Waals surface area contributed by atoms with Crippen LogP contribution in [-0.4, -0.2) is 58.7 Å². The van der Waals surface area contributed by atoms with Gasteiger partial charge in [0, 0.05) is 17.5 Å². The predicted molar refractivity (Wildman–Crippen MR) is 57.7 cm³/mol. The molecule has 82 valence electrons. The summed E-state index contributed by atoms with van der Waals surface area (Å²) < 4.78 is 0. The van der Waals surface area contributed by atoms with Crippen LogP contribution in [0.15, 0.2) is 0 Å². The molecule has 1 aliphatic heterocycles. The maximum Gasteiger partial charge on any atom is 0.414 e. The highest BCUT2D eigenvalue weighted by atomic mass is 33.1. The van der Waals surface area contributed by atoms with Crippen molar-refractivity contribution in [1.29, 1.82) is 0 Å². The van der Waals surface area contributed by atoms with Crippen LogP contribution in [0.3, 0.4) is 0 Å². The fourth-order valence-corrected chi connectivity index (χ4v) is 3.61. The van der Waals surface area contributed by atoms with E-state index in [1.54, 1.807) is 0 Å². The molecular weight excluding hydrogens is 226 g/mol. The summed E-state index contributed by atoms with van der Waals surface area (Å²) in [6.07, 6.45) is 0. The third-order valence-corrected chi connectivity index (χ3v) is 4.04. The van der Waals surface area contributed by atoms with Gasteiger partial charge in [0.25, 0.3) is 0 Å². The van der Waals surface area contributed by atoms with Crippen LogP contribution in [0.1, 0.15) is 0 Å². The summed E-state index contributed by atoms with van der Waals surface area (Å²) in [4.78, 5) is 20.5. The summed E-state index contributed by atoms with van der Waals surface area (Å²) >= 11 is 0. The van der Waals surface area contributed by atoms with Crippen LogP contribution in [0.5, 0.6) is 0 Å². The third kappa shape index (κ3) is 6.11. The van der Waals surface area contributed by atoms with E-state index >= 15 is 0 Å². The van der Waals surface area contributed by atoms with Gasteiger partial charge in [-0.05, 0) is 14.1 Å². The molecule has 0 bridgehead atoms. The zero-order valence-corrected chi connectivity index (χ0v) is 9.60. The fourth-order valence-electron chi connectivity index (χ4n) is 0.600. The molecule has 2 N–H and O–H groups in total. The lowest BCUT2D eigenvalue weighted by Gasteiger charge is -2.15. The van der Waals surface area contributed by atoms with Gasteiger partial charge in [0.1, 0.15) is 0 Å². The minimum absolute atomic E-state index is 0.824. The molecule has 0 aromatic rings. The van der Waals surface area contributed by atoms with Gasteiger partial charge >= 0.3 is 11.9 Å². The molecule has 0 saturated carbocycles. The quantitative estimate of drug-likeness (QED) is 0.508. The van der Waals surface area contributed by atoms with E-state index < -0.39 is 11.9 Å². The van der Waals surface area contributed by atoms with Gasteiger partial charge in [-0.1, -0.05) is 21.6 Å². The van der Waals surface area contributed by atoms with E-state index in [0.29, 0.717) is 0 Å². The number of hydrogen-bond donors (Lipinski definition) is 2. The molecule has 1 heterocycles. The first-order valence-corrected chi connectivity index (χ1v) is 6.31. The van der Waals surface area contributed by atoms with Crippen LogP contribution >= 0.6 is 21.6 Å². The van der Waals surface area contributed by atoms with Crippen molar-refractivity contribution in [3.8, 4) is 0 Å². The monoisotopic (exact) mass is 239 g/mol. The van der Waals surface area contributed by atoms with Crippen molar-refractivity contribution in [3.05, 3.63) is 0 Å². The van der Waals surface area contributed by atoms with Crippen LogP contribution in [0, 0.1) is 0 Å². The van der Waals surface area contributed by atoms with Gasteiger partial charge in [-0.15, -0.1) is 0 Å². The van der Waals surface area contributed by atoms with Crippen molar-refractivity contribution in [1.82, 2.24) is 4.90 Å². The maximum absolute atomic E-state index is 9.10. The molecule has 0 atom stereocenters. The lowest BCUT2D eigenvalue weighted by molar-refractivity contribution is -0.159. The average Bonchev–Trinajstić information content (AvgIpc) is 2.56. The Bertz CT molecular complexity index is 192. The van der Waals surface area contributed by atoms with Crippen molar-refractivity contribution in [2.24, 2.45) is 0 Å². The molecule has 0 aromatic carbocycles. The topological polar surface area (TPSA) is 77.8 Å². The van der Waals surface area contributed by atoms with E-state index in [-0.39, 0.29) is 0 Å². The van der Waals surface area contributed by atoms with E-state index in [4.69, 9.17) is 19.8 Å². The Morgan fingerprint density at radius 2 is 1.50 bits per heavy atom. The Morgan fingerprint density at radius 1 is 1.14 bits per heavy atom. The second kappa shape index (κ2) is 6.97. The first kappa shape index (κ1) is 13.6. The Kier molecular flexibility index (Phi) is 6.77. The average molecular weight is 239 g/mol. The van der Waals surface area contributed by atoms with E-state index in [9.17, 15) is 0 Å². The number of hydrogen-bond acceptors (Lipinski definition) is 5. The molecule has 0 amide bonds. The number of carboxylic acid groups (broad SMARTS) is 2. The highest BCUT2D eigenvalue weighted by Gasteiger charge is 2.17. The van der Waals surface area contributed by atoms with Gasteiger partial charge in [-0.2, -0.15) is 0 Å². The van der Waals surface area contributed by atoms with E-state index in [1.807, 2.05) is 21.6 Å². The molecule has 14 heavy (non-hydrogen) atoms. The second-order valence-electron chi connectivity index (χ2n) is 2.80. The normalized spacial score (nSPS) is 16.2. The van der Waals surface area contributed by atoms with Crippen molar-refractivity contribution in [2.75, 3.05) is 25.6 Å². The molecule has 1 saturated heterocycles. The van der Waals surface area contributed by atoms with Gasteiger partial charge in [-0.3, -0.25) is 0 Å². The molecule has 1 fully saturated rings. The number of aliphatic carboxylic acids is 2. The van der Waals surface area contributed by atoms with Gasteiger partial charge in [-0.25, -0.2) is 9.59 Å². The van der Waals surface area contributed by atoms with E-state index in [2.05, 4.69) is 19.0 Å². The minimum atomic E-state index is -1.82. The summed E-state index contributed by atoms with van der Waals surface area (Å²) in [5.74, 6) is -1.04. The fraction of sp³-hybridized carbons (Fsp3) is 0.714. The Balaban J connectivity index is 0.000000255. The van der Waals surface area contributed by atoms with Gasteiger partial charge in [0.15, 0.2) is 0 Å². The lowest BCUT2D eigenvalue weighted by atomic mass is 10.4. The molecular formula is C7H13NO4S2. The van der Waals surface area contributed by atoms with Crippen molar-refractivity contribution < 1.29 is 19.8 Å². The van der Waals surface area contributed by atoms with Crippen LogP contribution in [0.25, 0.3) is 0 Å². The predicted octanol–water partition coefficient (Wildman–Crippen LogP) is 0.467. The van der Waals surface area contributed by atoms with Crippen LogP contribution in [0.2, 0.25) is 0 Å². The lowest BCUT2D eigenvalue weighted by Crippen LogP contribution is -2.29. The molecule has 0 aliphatic carbocycles.